The van der Waals surface area contributed by atoms with Gasteiger partial charge < -0.3 is 0 Å². The zero-order chi connectivity index (χ0) is 10.7. The SMILES string of the molecule is CCC(=O)c1cscc1-c1ncccn1. The average molecular weight is 218 g/mol. The van der Waals surface area contributed by atoms with Gasteiger partial charge in [-0.1, -0.05) is 6.92 Å². The number of nitrogens with zero attached hydrogens (tertiary/aromatic N) is 2. The van der Waals surface area contributed by atoms with Gasteiger partial charge in [0, 0.05) is 40.7 Å². The Kier molecular flexibility index (Phi) is 2.87. The van der Waals surface area contributed by atoms with Gasteiger partial charge in [0.05, 0.1) is 0 Å². The number of ketones is 1. The third kappa shape index (κ3) is 1.94. The Morgan fingerprint density at radius 3 is 2.73 bits per heavy atom. The summed E-state index contributed by atoms with van der Waals surface area (Å²) in [5.74, 6) is 0.759. The molecule has 0 spiro atoms. The van der Waals surface area contributed by atoms with Crippen molar-refractivity contribution in [2.24, 2.45) is 0 Å². The molecule has 0 radical (unpaired) electrons. The molecule has 3 nitrogen and oxygen atoms in total. The normalized spacial score (nSPS) is 10.2. The first-order chi connectivity index (χ1) is 7.33. The van der Waals surface area contributed by atoms with Crippen molar-refractivity contribution in [2.45, 2.75) is 13.3 Å². The van der Waals surface area contributed by atoms with Crippen LogP contribution in [0.5, 0.6) is 0 Å². The molecule has 0 aromatic carbocycles. The highest BCUT2D eigenvalue weighted by molar-refractivity contribution is 7.08. The van der Waals surface area contributed by atoms with E-state index in [4.69, 9.17) is 0 Å². The minimum Gasteiger partial charge on any atom is -0.294 e. The molecule has 15 heavy (non-hydrogen) atoms. The lowest BCUT2D eigenvalue weighted by Crippen LogP contribution is -1.98. The molecule has 2 aromatic rings. The van der Waals surface area contributed by atoms with Crippen molar-refractivity contribution in [3.63, 3.8) is 0 Å². The van der Waals surface area contributed by atoms with Crippen LogP contribution >= 0.6 is 11.3 Å². The second kappa shape index (κ2) is 4.31. The van der Waals surface area contributed by atoms with Crippen molar-refractivity contribution in [3.8, 4) is 11.4 Å². The highest BCUT2D eigenvalue weighted by atomic mass is 32.1. The van der Waals surface area contributed by atoms with E-state index in [1.165, 1.54) is 11.3 Å². The molecular formula is C11H10N2OS. The topological polar surface area (TPSA) is 42.9 Å². The summed E-state index contributed by atoms with van der Waals surface area (Å²) in [7, 11) is 0. The van der Waals surface area contributed by atoms with Crippen LogP contribution in [0.1, 0.15) is 23.7 Å². The van der Waals surface area contributed by atoms with Crippen LogP contribution in [0.15, 0.2) is 29.2 Å². The standard InChI is InChI=1S/C11H10N2OS/c1-2-10(14)8-6-15-7-9(8)11-12-4-3-5-13-11/h3-7H,2H2,1H3. The van der Waals surface area contributed by atoms with Gasteiger partial charge in [0.2, 0.25) is 0 Å². The lowest BCUT2D eigenvalue weighted by Gasteiger charge is -1.99. The zero-order valence-electron chi connectivity index (χ0n) is 8.30. The van der Waals surface area contributed by atoms with E-state index < -0.39 is 0 Å². The van der Waals surface area contributed by atoms with E-state index >= 15 is 0 Å². The molecule has 0 atom stereocenters. The van der Waals surface area contributed by atoms with Crippen LogP contribution in [0, 0.1) is 0 Å². The Morgan fingerprint density at radius 1 is 1.33 bits per heavy atom. The molecule has 4 heteroatoms. The molecule has 0 aliphatic rings. The number of hydrogen-bond acceptors (Lipinski definition) is 4. The number of thiophene rings is 1. The highest BCUT2D eigenvalue weighted by Gasteiger charge is 2.13. The number of hydrogen-bond donors (Lipinski definition) is 0. The van der Waals surface area contributed by atoms with Crippen LogP contribution in [0.2, 0.25) is 0 Å². The second-order valence-corrected chi connectivity index (χ2v) is 3.79. The van der Waals surface area contributed by atoms with Crippen molar-refractivity contribution >= 4 is 17.1 Å². The van der Waals surface area contributed by atoms with Gasteiger partial charge in [0.15, 0.2) is 11.6 Å². The summed E-state index contributed by atoms with van der Waals surface area (Å²) in [5.41, 5.74) is 1.57. The molecule has 0 aliphatic heterocycles. The second-order valence-electron chi connectivity index (χ2n) is 3.05. The Bertz CT molecular complexity index is 464. The molecule has 0 unspecified atom stereocenters. The summed E-state index contributed by atoms with van der Waals surface area (Å²) in [6.45, 7) is 1.86. The molecule has 0 aliphatic carbocycles. The summed E-state index contributed by atoms with van der Waals surface area (Å²) in [4.78, 5) is 19.9. The van der Waals surface area contributed by atoms with Gasteiger partial charge in [-0.15, -0.1) is 0 Å². The minimum absolute atomic E-state index is 0.138. The van der Waals surface area contributed by atoms with Gasteiger partial charge >= 0.3 is 0 Å². The molecule has 2 rings (SSSR count). The first-order valence-corrected chi connectivity index (χ1v) is 5.64. The lowest BCUT2D eigenvalue weighted by atomic mass is 10.1. The van der Waals surface area contributed by atoms with E-state index in [1.807, 2.05) is 17.7 Å². The van der Waals surface area contributed by atoms with Gasteiger partial charge in [-0.25, -0.2) is 9.97 Å². The average Bonchev–Trinajstić information content (AvgIpc) is 2.78. The predicted octanol–water partition coefficient (Wildman–Crippen LogP) is 2.80. The van der Waals surface area contributed by atoms with Crippen LogP contribution in [0.25, 0.3) is 11.4 Å². The Hall–Kier alpha value is -1.55. The molecule has 76 valence electrons. The van der Waals surface area contributed by atoms with Gasteiger partial charge in [-0.2, -0.15) is 11.3 Å². The number of aromatic nitrogens is 2. The highest BCUT2D eigenvalue weighted by Crippen LogP contribution is 2.25. The number of Topliss-reactive ketones (excluding diaryl/α,β-unsaturated/α-hetero) is 1. The molecule has 0 fully saturated rings. The molecule has 0 saturated heterocycles. The fourth-order valence-electron chi connectivity index (χ4n) is 1.31. The first-order valence-electron chi connectivity index (χ1n) is 4.69. The molecule has 0 N–H and O–H groups in total. The van der Waals surface area contributed by atoms with Gasteiger partial charge in [0.25, 0.3) is 0 Å². The third-order valence-corrected chi connectivity index (χ3v) is 2.83. The van der Waals surface area contributed by atoms with Gasteiger partial charge in [0.1, 0.15) is 0 Å². The predicted molar refractivity (Wildman–Crippen MR) is 60.0 cm³/mol. The quantitative estimate of drug-likeness (QED) is 0.744. The molecule has 0 saturated carbocycles. The zero-order valence-corrected chi connectivity index (χ0v) is 9.12. The summed E-state index contributed by atoms with van der Waals surface area (Å²) in [6, 6.07) is 1.76. The van der Waals surface area contributed by atoms with Crippen LogP contribution in [0.3, 0.4) is 0 Å². The summed E-state index contributed by atoms with van der Waals surface area (Å²) in [6.07, 6.45) is 3.87. The maximum Gasteiger partial charge on any atom is 0.164 e. The monoisotopic (exact) mass is 218 g/mol. The smallest absolute Gasteiger partial charge is 0.164 e. The minimum atomic E-state index is 0.138. The van der Waals surface area contributed by atoms with Crippen molar-refractivity contribution in [1.29, 1.82) is 0 Å². The van der Waals surface area contributed by atoms with Crippen LogP contribution in [-0.4, -0.2) is 15.8 Å². The van der Waals surface area contributed by atoms with E-state index in [2.05, 4.69) is 9.97 Å². The first kappa shape index (κ1) is 9.98. The van der Waals surface area contributed by atoms with Crippen LogP contribution in [-0.2, 0) is 0 Å². The molecule has 2 aromatic heterocycles. The maximum absolute atomic E-state index is 11.6. The van der Waals surface area contributed by atoms with Crippen LogP contribution in [0.4, 0.5) is 0 Å². The van der Waals surface area contributed by atoms with Crippen molar-refractivity contribution in [3.05, 3.63) is 34.8 Å². The van der Waals surface area contributed by atoms with E-state index in [9.17, 15) is 4.79 Å². The maximum atomic E-state index is 11.6. The summed E-state index contributed by atoms with van der Waals surface area (Å²) >= 11 is 1.50. The van der Waals surface area contributed by atoms with Crippen molar-refractivity contribution in [2.75, 3.05) is 0 Å². The number of rotatable bonds is 3. The lowest BCUT2D eigenvalue weighted by molar-refractivity contribution is 0.0989. The van der Waals surface area contributed by atoms with Crippen molar-refractivity contribution < 1.29 is 4.79 Å². The largest absolute Gasteiger partial charge is 0.294 e. The fraction of sp³-hybridized carbons (Fsp3) is 0.182. The van der Waals surface area contributed by atoms with E-state index in [0.717, 1.165) is 11.1 Å². The van der Waals surface area contributed by atoms with Gasteiger partial charge in [-0.3, -0.25) is 4.79 Å². The number of carbonyl (C=O) groups excluding carboxylic acids is 1. The molecule has 0 bridgehead atoms. The van der Waals surface area contributed by atoms with E-state index in [-0.39, 0.29) is 5.78 Å². The fourth-order valence-corrected chi connectivity index (χ4v) is 2.15. The van der Waals surface area contributed by atoms with Crippen molar-refractivity contribution in [1.82, 2.24) is 9.97 Å². The summed E-state index contributed by atoms with van der Waals surface area (Å²) < 4.78 is 0. The molecular weight excluding hydrogens is 208 g/mol. The molecule has 2 heterocycles. The Balaban J connectivity index is 2.46. The van der Waals surface area contributed by atoms with E-state index in [1.54, 1.807) is 18.5 Å². The van der Waals surface area contributed by atoms with Gasteiger partial charge in [-0.05, 0) is 6.07 Å². The van der Waals surface area contributed by atoms with E-state index in [0.29, 0.717) is 12.2 Å². The van der Waals surface area contributed by atoms with Crippen LogP contribution < -0.4 is 0 Å². The Labute approximate surface area is 91.8 Å². The number of carbonyl (C=O) groups is 1. The molecule has 0 amide bonds. The summed E-state index contributed by atoms with van der Waals surface area (Å²) in [5, 5.41) is 3.77. The Morgan fingerprint density at radius 2 is 2.07 bits per heavy atom. The third-order valence-electron chi connectivity index (χ3n) is 2.09.